The van der Waals surface area contributed by atoms with Gasteiger partial charge in [0, 0.05) is 34.4 Å². The van der Waals surface area contributed by atoms with Crippen LogP contribution in [0, 0.1) is 0 Å². The van der Waals surface area contributed by atoms with Crippen molar-refractivity contribution < 1.29 is 17.9 Å². The molecule has 0 aliphatic carbocycles. The molecule has 0 saturated heterocycles. The molecule has 0 fully saturated rings. The third-order valence-electron chi connectivity index (χ3n) is 5.08. The van der Waals surface area contributed by atoms with Gasteiger partial charge >= 0.3 is 0 Å². The molecule has 0 saturated carbocycles. The predicted octanol–water partition coefficient (Wildman–Crippen LogP) is 4.00. The van der Waals surface area contributed by atoms with E-state index in [-0.39, 0.29) is 23.5 Å². The van der Waals surface area contributed by atoms with Crippen molar-refractivity contribution in [1.29, 1.82) is 0 Å². The third-order valence-corrected chi connectivity index (χ3v) is 7.75. The summed E-state index contributed by atoms with van der Waals surface area (Å²) in [5.41, 5.74) is 0.672. The van der Waals surface area contributed by atoms with Crippen LogP contribution in [-0.4, -0.2) is 31.9 Å². The number of hydrogen-bond acceptors (Lipinski definition) is 6. The molecule has 0 spiro atoms. The Balaban J connectivity index is 1.75. The van der Waals surface area contributed by atoms with Gasteiger partial charge in [0.05, 0.1) is 19.1 Å². The summed E-state index contributed by atoms with van der Waals surface area (Å²) in [5.74, 6) is 1.21. The van der Waals surface area contributed by atoms with E-state index in [1.54, 1.807) is 43.5 Å². The van der Waals surface area contributed by atoms with Crippen molar-refractivity contribution in [3.63, 3.8) is 0 Å². The predicted molar refractivity (Wildman–Crippen MR) is 125 cm³/mol. The zero-order valence-corrected chi connectivity index (χ0v) is 19.2. The van der Waals surface area contributed by atoms with Crippen LogP contribution in [0.1, 0.15) is 10.4 Å². The Bertz CT molecular complexity index is 1380. The van der Waals surface area contributed by atoms with Gasteiger partial charge in [0.1, 0.15) is 11.5 Å². The van der Waals surface area contributed by atoms with Gasteiger partial charge in [-0.05, 0) is 60.0 Å². The summed E-state index contributed by atoms with van der Waals surface area (Å²) >= 11 is 1.46. The highest BCUT2D eigenvalue weighted by Gasteiger charge is 2.26. The van der Waals surface area contributed by atoms with Crippen molar-refractivity contribution in [3.05, 3.63) is 86.8 Å². The number of fused-ring (bicyclic) bond motifs is 1. The van der Waals surface area contributed by atoms with Crippen LogP contribution >= 0.6 is 11.3 Å². The number of H-pyrrole nitrogens is 1. The summed E-state index contributed by atoms with van der Waals surface area (Å²) < 4.78 is 38.7. The molecule has 4 aromatic rings. The maximum absolute atomic E-state index is 13.5. The number of aromatic nitrogens is 1. The molecule has 2 aromatic carbocycles. The fraction of sp³-hybridized carbons (Fsp3) is 0.174. The van der Waals surface area contributed by atoms with E-state index in [4.69, 9.17) is 9.47 Å². The van der Waals surface area contributed by atoms with Crippen LogP contribution in [0.2, 0.25) is 0 Å². The van der Waals surface area contributed by atoms with Crippen LogP contribution in [0.15, 0.2) is 75.7 Å². The van der Waals surface area contributed by atoms with E-state index < -0.39 is 10.0 Å². The van der Waals surface area contributed by atoms with Crippen molar-refractivity contribution in [2.75, 3.05) is 14.2 Å². The van der Waals surface area contributed by atoms with Crippen LogP contribution < -0.4 is 15.0 Å². The van der Waals surface area contributed by atoms with Crippen LogP contribution in [0.25, 0.3) is 10.9 Å². The number of rotatable bonds is 8. The smallest absolute Gasteiger partial charge is 0.252 e. The summed E-state index contributed by atoms with van der Waals surface area (Å²) in [6.07, 6.45) is 0. The number of hydrogen-bond donors (Lipinski definition) is 1. The first-order valence-corrected chi connectivity index (χ1v) is 12.1. The van der Waals surface area contributed by atoms with Crippen LogP contribution in [-0.2, 0) is 23.1 Å². The average molecular weight is 471 g/mol. The van der Waals surface area contributed by atoms with Crippen LogP contribution in [0.5, 0.6) is 11.5 Å². The van der Waals surface area contributed by atoms with Crippen molar-refractivity contribution >= 4 is 32.3 Å². The van der Waals surface area contributed by atoms with Gasteiger partial charge in [0.25, 0.3) is 5.56 Å². The molecule has 0 aliphatic heterocycles. The largest absolute Gasteiger partial charge is 0.497 e. The Morgan fingerprint density at radius 1 is 0.938 bits per heavy atom. The zero-order chi connectivity index (χ0) is 22.7. The van der Waals surface area contributed by atoms with Crippen molar-refractivity contribution in [3.8, 4) is 11.5 Å². The highest BCUT2D eigenvalue weighted by Crippen LogP contribution is 2.25. The fourth-order valence-corrected chi connectivity index (χ4v) is 5.56. The standard InChI is InChI=1S/C23H22N2O5S2/c1-29-18-5-8-21(9-6-18)32(27,28)25(15-20-4-3-11-31-20)14-17-12-16-13-19(30-2)7-10-22(16)24-23(17)26/h3-13H,14-15H2,1-2H3,(H,24,26). The van der Waals surface area contributed by atoms with Crippen molar-refractivity contribution in [1.82, 2.24) is 9.29 Å². The minimum absolute atomic E-state index is 0.0747. The van der Waals surface area contributed by atoms with Crippen molar-refractivity contribution in [2.24, 2.45) is 0 Å². The number of aromatic amines is 1. The summed E-state index contributed by atoms with van der Waals surface area (Å²) in [4.78, 5) is 16.6. The Labute approximate surface area is 189 Å². The number of pyridine rings is 1. The van der Waals surface area contributed by atoms with E-state index in [0.29, 0.717) is 22.6 Å². The quantitative estimate of drug-likeness (QED) is 0.421. The lowest BCUT2D eigenvalue weighted by molar-refractivity contribution is 0.401. The highest BCUT2D eigenvalue weighted by atomic mass is 32.2. The molecule has 0 amide bonds. The topological polar surface area (TPSA) is 88.7 Å². The first kappa shape index (κ1) is 22.1. The molecule has 2 heterocycles. The SMILES string of the molecule is COc1ccc(S(=O)(=O)N(Cc2cccs2)Cc2cc3cc(OC)ccc3[nH]c2=O)cc1. The number of benzene rings is 2. The van der Waals surface area contributed by atoms with Gasteiger partial charge in [-0.1, -0.05) is 6.07 Å². The van der Waals surface area contributed by atoms with Crippen LogP contribution in [0.4, 0.5) is 0 Å². The Morgan fingerprint density at radius 2 is 1.66 bits per heavy atom. The summed E-state index contributed by atoms with van der Waals surface area (Å²) in [6, 6.07) is 17.0. The number of ether oxygens (including phenoxy) is 2. The molecule has 9 heteroatoms. The maximum Gasteiger partial charge on any atom is 0.252 e. The maximum atomic E-state index is 13.5. The van der Waals surface area contributed by atoms with Gasteiger partial charge in [-0.3, -0.25) is 4.79 Å². The van der Waals surface area contributed by atoms with E-state index >= 15 is 0 Å². The Hall–Kier alpha value is -3.14. The number of nitrogens with zero attached hydrogens (tertiary/aromatic N) is 1. The molecule has 0 bridgehead atoms. The number of thiophene rings is 1. The second-order valence-electron chi connectivity index (χ2n) is 7.10. The van der Waals surface area contributed by atoms with E-state index in [2.05, 4.69) is 4.98 Å². The van der Waals surface area contributed by atoms with Gasteiger partial charge in [-0.15, -0.1) is 11.3 Å². The first-order valence-electron chi connectivity index (χ1n) is 9.77. The number of sulfonamides is 1. The normalized spacial score (nSPS) is 11.7. The van der Waals surface area contributed by atoms with E-state index in [0.717, 1.165) is 10.3 Å². The van der Waals surface area contributed by atoms with Gasteiger partial charge in [-0.2, -0.15) is 4.31 Å². The molecule has 0 aliphatic rings. The molecule has 2 aromatic heterocycles. The number of methoxy groups -OCH3 is 2. The molecule has 32 heavy (non-hydrogen) atoms. The second-order valence-corrected chi connectivity index (χ2v) is 10.1. The third kappa shape index (κ3) is 4.55. The summed E-state index contributed by atoms with van der Waals surface area (Å²) in [6.45, 7) is 0.0797. The summed E-state index contributed by atoms with van der Waals surface area (Å²) in [7, 11) is -0.787. The Morgan fingerprint density at radius 3 is 2.31 bits per heavy atom. The minimum atomic E-state index is -3.88. The zero-order valence-electron chi connectivity index (χ0n) is 17.6. The summed E-state index contributed by atoms with van der Waals surface area (Å²) in [5, 5.41) is 2.65. The molecule has 0 atom stereocenters. The number of nitrogens with one attached hydrogen (secondary N) is 1. The lowest BCUT2D eigenvalue weighted by atomic mass is 10.1. The molecule has 4 rings (SSSR count). The van der Waals surface area contributed by atoms with Gasteiger partial charge in [-0.25, -0.2) is 8.42 Å². The van der Waals surface area contributed by atoms with Crippen LogP contribution in [0.3, 0.4) is 0 Å². The molecule has 1 N–H and O–H groups in total. The minimum Gasteiger partial charge on any atom is -0.497 e. The lowest BCUT2D eigenvalue weighted by Crippen LogP contribution is -2.32. The van der Waals surface area contributed by atoms with E-state index in [9.17, 15) is 13.2 Å². The monoisotopic (exact) mass is 470 g/mol. The molecular weight excluding hydrogens is 448 g/mol. The molecule has 166 valence electrons. The van der Waals surface area contributed by atoms with Gasteiger partial charge in [0.15, 0.2) is 0 Å². The molecule has 0 unspecified atom stereocenters. The fourth-order valence-electron chi connectivity index (χ4n) is 3.36. The molecule has 7 nitrogen and oxygen atoms in total. The highest BCUT2D eigenvalue weighted by molar-refractivity contribution is 7.89. The molecular formula is C23H22N2O5S2. The second kappa shape index (κ2) is 9.15. The first-order chi connectivity index (χ1) is 15.4. The average Bonchev–Trinajstić information content (AvgIpc) is 3.32. The van der Waals surface area contributed by atoms with E-state index in [1.165, 1.54) is 34.9 Å². The lowest BCUT2D eigenvalue weighted by Gasteiger charge is -2.22. The van der Waals surface area contributed by atoms with E-state index in [1.807, 2.05) is 17.5 Å². The van der Waals surface area contributed by atoms with Gasteiger partial charge < -0.3 is 14.5 Å². The van der Waals surface area contributed by atoms with Gasteiger partial charge in [0.2, 0.25) is 10.0 Å². The van der Waals surface area contributed by atoms with Crippen molar-refractivity contribution in [2.45, 2.75) is 18.0 Å². The Kier molecular flexibility index (Phi) is 6.31. The molecule has 0 radical (unpaired) electrons.